The summed E-state index contributed by atoms with van der Waals surface area (Å²) in [7, 11) is 0.215. The lowest BCUT2D eigenvalue weighted by Crippen LogP contribution is -2.47. The number of nitrogens with one attached hydrogen (secondary N) is 3. The Balaban J connectivity index is 2.33. The average molecular weight is 333 g/mol. The molecule has 1 aliphatic heterocycles. The Hall–Kier alpha value is -1.35. The zero-order valence-electron chi connectivity index (χ0n) is 13.6. The van der Waals surface area contributed by atoms with Gasteiger partial charge in [-0.2, -0.15) is 0 Å². The highest BCUT2D eigenvalue weighted by Gasteiger charge is 2.22. The quantitative estimate of drug-likeness (QED) is 0.327. The Kier molecular flexibility index (Phi) is 7.60. The maximum absolute atomic E-state index is 11.4. The number of hydrogen-bond donors (Lipinski definition) is 3. The summed E-state index contributed by atoms with van der Waals surface area (Å²) >= 11 is 0. The summed E-state index contributed by atoms with van der Waals surface area (Å²) in [5, 5.41) is 5.81. The first-order valence-corrected chi connectivity index (χ1v) is 9.35. The minimum absolute atomic E-state index is 0.0906. The average Bonchev–Trinajstić information content (AvgIpc) is 2.47. The molecule has 9 heteroatoms. The number of sulfonamides is 1. The third-order valence-electron chi connectivity index (χ3n) is 3.65. The SMILES string of the molecule is CN=C(NCCNS(C)(=O)=O)N1CCC(CC(=O)NC)CC1. The second kappa shape index (κ2) is 8.94. The molecule has 128 valence electrons. The Morgan fingerprint density at radius 1 is 1.27 bits per heavy atom. The van der Waals surface area contributed by atoms with E-state index in [4.69, 9.17) is 0 Å². The summed E-state index contributed by atoms with van der Waals surface area (Å²) < 4.78 is 24.4. The highest BCUT2D eigenvalue weighted by Crippen LogP contribution is 2.20. The number of rotatable bonds is 6. The molecule has 1 rings (SSSR count). The third-order valence-corrected chi connectivity index (χ3v) is 4.38. The number of likely N-dealkylation sites (tertiary alicyclic amines) is 1. The summed E-state index contributed by atoms with van der Waals surface area (Å²) in [5.74, 6) is 1.28. The summed E-state index contributed by atoms with van der Waals surface area (Å²) in [6.07, 6.45) is 3.62. The van der Waals surface area contributed by atoms with Crippen LogP contribution in [0.2, 0.25) is 0 Å². The molecule has 0 atom stereocenters. The fourth-order valence-corrected chi connectivity index (χ4v) is 2.93. The second-order valence-electron chi connectivity index (χ2n) is 5.45. The van der Waals surface area contributed by atoms with Crippen LogP contribution in [0.1, 0.15) is 19.3 Å². The van der Waals surface area contributed by atoms with Crippen molar-refractivity contribution in [2.24, 2.45) is 10.9 Å². The first-order valence-electron chi connectivity index (χ1n) is 7.46. The number of guanidine groups is 1. The highest BCUT2D eigenvalue weighted by atomic mass is 32.2. The molecule has 1 heterocycles. The molecule has 0 aromatic carbocycles. The van der Waals surface area contributed by atoms with E-state index in [1.54, 1.807) is 14.1 Å². The molecule has 0 unspecified atom stereocenters. The van der Waals surface area contributed by atoms with Gasteiger partial charge < -0.3 is 15.5 Å². The van der Waals surface area contributed by atoms with E-state index in [0.29, 0.717) is 25.4 Å². The molecule has 0 saturated carbocycles. The molecule has 0 aromatic heterocycles. The fraction of sp³-hybridized carbons (Fsp3) is 0.846. The van der Waals surface area contributed by atoms with Crippen molar-refractivity contribution in [1.82, 2.24) is 20.3 Å². The first kappa shape index (κ1) is 18.7. The van der Waals surface area contributed by atoms with E-state index < -0.39 is 10.0 Å². The van der Waals surface area contributed by atoms with E-state index in [9.17, 15) is 13.2 Å². The maximum Gasteiger partial charge on any atom is 0.220 e. The van der Waals surface area contributed by atoms with Gasteiger partial charge in [0.2, 0.25) is 15.9 Å². The summed E-state index contributed by atoms with van der Waals surface area (Å²) in [6, 6.07) is 0. The Morgan fingerprint density at radius 3 is 2.41 bits per heavy atom. The fourth-order valence-electron chi connectivity index (χ4n) is 2.46. The van der Waals surface area contributed by atoms with Crippen LogP contribution in [0.3, 0.4) is 0 Å². The van der Waals surface area contributed by atoms with Gasteiger partial charge in [0.1, 0.15) is 0 Å². The number of carbonyl (C=O) groups excluding carboxylic acids is 1. The molecular weight excluding hydrogens is 306 g/mol. The lowest BCUT2D eigenvalue weighted by atomic mass is 9.93. The number of hydrogen-bond acceptors (Lipinski definition) is 4. The molecule has 0 aliphatic carbocycles. The van der Waals surface area contributed by atoms with Crippen LogP contribution in [-0.4, -0.2) is 71.7 Å². The Labute approximate surface area is 132 Å². The van der Waals surface area contributed by atoms with Crippen molar-refractivity contribution in [2.45, 2.75) is 19.3 Å². The minimum atomic E-state index is -3.16. The van der Waals surface area contributed by atoms with Gasteiger partial charge in [-0.05, 0) is 18.8 Å². The Morgan fingerprint density at radius 2 is 1.91 bits per heavy atom. The van der Waals surface area contributed by atoms with Crippen molar-refractivity contribution >= 4 is 21.9 Å². The van der Waals surface area contributed by atoms with Gasteiger partial charge in [-0.25, -0.2) is 13.1 Å². The number of carbonyl (C=O) groups is 1. The van der Waals surface area contributed by atoms with Crippen LogP contribution >= 0.6 is 0 Å². The topological polar surface area (TPSA) is 103 Å². The van der Waals surface area contributed by atoms with E-state index in [1.807, 2.05) is 0 Å². The predicted molar refractivity (Wildman–Crippen MR) is 87.2 cm³/mol. The van der Waals surface area contributed by atoms with Gasteiger partial charge >= 0.3 is 0 Å². The molecule has 1 saturated heterocycles. The second-order valence-corrected chi connectivity index (χ2v) is 7.28. The molecule has 0 radical (unpaired) electrons. The van der Waals surface area contributed by atoms with Crippen LogP contribution < -0.4 is 15.4 Å². The Bertz CT molecular complexity index is 484. The van der Waals surface area contributed by atoms with E-state index >= 15 is 0 Å². The van der Waals surface area contributed by atoms with E-state index in [-0.39, 0.29) is 5.91 Å². The van der Waals surface area contributed by atoms with Crippen molar-refractivity contribution in [3.05, 3.63) is 0 Å². The van der Waals surface area contributed by atoms with Crippen LogP contribution in [-0.2, 0) is 14.8 Å². The summed E-state index contributed by atoms with van der Waals surface area (Å²) in [5.41, 5.74) is 0. The molecule has 0 bridgehead atoms. The summed E-state index contributed by atoms with van der Waals surface area (Å²) in [4.78, 5) is 17.8. The van der Waals surface area contributed by atoms with Crippen LogP contribution in [0.25, 0.3) is 0 Å². The molecule has 0 spiro atoms. The van der Waals surface area contributed by atoms with Crippen molar-refractivity contribution in [3.8, 4) is 0 Å². The zero-order valence-corrected chi connectivity index (χ0v) is 14.4. The van der Waals surface area contributed by atoms with E-state index in [0.717, 1.165) is 38.1 Å². The lowest BCUT2D eigenvalue weighted by molar-refractivity contribution is -0.121. The molecule has 0 aromatic rings. The van der Waals surface area contributed by atoms with Gasteiger partial charge in [0.05, 0.1) is 6.26 Å². The van der Waals surface area contributed by atoms with Gasteiger partial charge in [-0.1, -0.05) is 0 Å². The summed E-state index contributed by atoms with van der Waals surface area (Å²) in [6.45, 7) is 2.50. The number of aliphatic imine (C=N–C) groups is 1. The van der Waals surface area contributed by atoms with Crippen molar-refractivity contribution in [1.29, 1.82) is 0 Å². The number of piperidine rings is 1. The molecule has 8 nitrogen and oxygen atoms in total. The van der Waals surface area contributed by atoms with Gasteiger partial charge in [-0.15, -0.1) is 0 Å². The van der Waals surface area contributed by atoms with Crippen LogP contribution in [0.5, 0.6) is 0 Å². The van der Waals surface area contributed by atoms with Gasteiger partial charge in [0.15, 0.2) is 5.96 Å². The monoisotopic (exact) mass is 333 g/mol. The third kappa shape index (κ3) is 7.08. The van der Waals surface area contributed by atoms with Crippen LogP contribution in [0.15, 0.2) is 4.99 Å². The van der Waals surface area contributed by atoms with Crippen molar-refractivity contribution in [2.75, 3.05) is 46.5 Å². The maximum atomic E-state index is 11.4. The van der Waals surface area contributed by atoms with E-state index in [1.165, 1.54) is 0 Å². The molecule has 1 aliphatic rings. The van der Waals surface area contributed by atoms with E-state index in [2.05, 4.69) is 25.2 Å². The normalized spacial score (nSPS) is 17.4. The number of amides is 1. The largest absolute Gasteiger partial charge is 0.359 e. The standard InChI is InChI=1S/C13H27N5O3S/c1-14-12(19)10-11-4-8-18(9-5-11)13(15-2)16-6-7-17-22(3,20)21/h11,17H,4-10H2,1-3H3,(H,14,19)(H,15,16). The van der Waals surface area contributed by atoms with Crippen LogP contribution in [0, 0.1) is 5.92 Å². The van der Waals surface area contributed by atoms with Crippen LogP contribution in [0.4, 0.5) is 0 Å². The molecule has 3 N–H and O–H groups in total. The first-order chi connectivity index (χ1) is 10.4. The minimum Gasteiger partial charge on any atom is -0.359 e. The molecular formula is C13H27N5O3S. The van der Waals surface area contributed by atoms with Gasteiger partial charge in [-0.3, -0.25) is 9.79 Å². The molecule has 1 amide bonds. The van der Waals surface area contributed by atoms with Crippen molar-refractivity contribution in [3.63, 3.8) is 0 Å². The van der Waals surface area contributed by atoms with Gasteiger partial charge in [0, 0.05) is 46.7 Å². The lowest BCUT2D eigenvalue weighted by Gasteiger charge is -2.34. The number of nitrogens with zero attached hydrogens (tertiary/aromatic N) is 2. The smallest absolute Gasteiger partial charge is 0.220 e. The van der Waals surface area contributed by atoms with Gasteiger partial charge in [0.25, 0.3) is 0 Å². The predicted octanol–water partition coefficient (Wildman–Crippen LogP) is -1.04. The molecule has 22 heavy (non-hydrogen) atoms. The molecule has 1 fully saturated rings. The zero-order chi connectivity index (χ0) is 16.6. The van der Waals surface area contributed by atoms with Crippen molar-refractivity contribution < 1.29 is 13.2 Å². The highest BCUT2D eigenvalue weighted by molar-refractivity contribution is 7.88.